The van der Waals surface area contributed by atoms with Crippen molar-refractivity contribution in [1.82, 2.24) is 10.2 Å². The quantitative estimate of drug-likeness (QED) is 0.809. The van der Waals surface area contributed by atoms with Gasteiger partial charge in [0.25, 0.3) is 0 Å². The van der Waals surface area contributed by atoms with Crippen molar-refractivity contribution in [2.75, 3.05) is 20.1 Å². The fourth-order valence-corrected chi connectivity index (χ4v) is 3.30. The number of hydrogen-bond acceptors (Lipinski definition) is 2. The van der Waals surface area contributed by atoms with Crippen LogP contribution in [0, 0.1) is 5.41 Å². The molecule has 0 spiro atoms. The highest BCUT2D eigenvalue weighted by Gasteiger charge is 2.34. The molecule has 1 N–H and O–H groups in total. The van der Waals surface area contributed by atoms with Crippen LogP contribution in [-0.2, 0) is 0 Å². The molecular formula is C17H36N2. The van der Waals surface area contributed by atoms with Gasteiger partial charge in [0.15, 0.2) is 0 Å². The molecule has 0 amide bonds. The highest BCUT2D eigenvalue weighted by atomic mass is 15.2. The molecule has 0 radical (unpaired) electrons. The van der Waals surface area contributed by atoms with E-state index in [0.29, 0.717) is 11.5 Å². The molecule has 1 atom stereocenters. The fourth-order valence-electron chi connectivity index (χ4n) is 3.30. The molecule has 1 unspecified atom stereocenters. The molecule has 1 fully saturated rings. The van der Waals surface area contributed by atoms with Crippen molar-refractivity contribution in [2.24, 2.45) is 5.41 Å². The summed E-state index contributed by atoms with van der Waals surface area (Å²) in [5.41, 5.74) is 0.703. The summed E-state index contributed by atoms with van der Waals surface area (Å²) in [6, 6.07) is 0.588. The van der Waals surface area contributed by atoms with E-state index in [2.05, 4.69) is 51.9 Å². The van der Waals surface area contributed by atoms with Gasteiger partial charge in [0.2, 0.25) is 0 Å². The second-order valence-electron chi connectivity index (χ2n) is 8.00. The largest absolute Gasteiger partial charge is 0.315 e. The van der Waals surface area contributed by atoms with Crippen LogP contribution in [0.25, 0.3) is 0 Å². The molecule has 1 rings (SSSR count). The van der Waals surface area contributed by atoms with Crippen molar-refractivity contribution in [3.05, 3.63) is 0 Å². The predicted molar refractivity (Wildman–Crippen MR) is 85.7 cm³/mol. The third-order valence-electron chi connectivity index (χ3n) is 4.81. The summed E-state index contributed by atoms with van der Waals surface area (Å²) in [5, 5.41) is 3.59. The van der Waals surface area contributed by atoms with Crippen molar-refractivity contribution in [3.8, 4) is 0 Å². The van der Waals surface area contributed by atoms with Gasteiger partial charge in [-0.25, -0.2) is 0 Å². The monoisotopic (exact) mass is 268 g/mol. The lowest BCUT2D eigenvalue weighted by Gasteiger charge is -2.44. The van der Waals surface area contributed by atoms with Gasteiger partial charge in [0.05, 0.1) is 0 Å². The molecule has 1 saturated heterocycles. The van der Waals surface area contributed by atoms with Gasteiger partial charge >= 0.3 is 0 Å². The number of nitrogens with one attached hydrogen (secondary N) is 1. The van der Waals surface area contributed by atoms with Crippen LogP contribution in [0.5, 0.6) is 0 Å². The van der Waals surface area contributed by atoms with Crippen LogP contribution in [0.1, 0.15) is 73.1 Å². The minimum absolute atomic E-state index is 0.268. The van der Waals surface area contributed by atoms with E-state index < -0.39 is 0 Å². The molecule has 1 heterocycles. The lowest BCUT2D eigenvalue weighted by atomic mass is 9.82. The predicted octanol–water partition coefficient (Wildman–Crippen LogP) is 4.06. The maximum absolute atomic E-state index is 3.59. The number of likely N-dealkylation sites (tertiary alicyclic amines) is 1. The summed E-state index contributed by atoms with van der Waals surface area (Å²) >= 11 is 0. The van der Waals surface area contributed by atoms with Gasteiger partial charge in [-0.3, -0.25) is 4.90 Å². The zero-order valence-corrected chi connectivity index (χ0v) is 14.2. The van der Waals surface area contributed by atoms with Crippen LogP contribution < -0.4 is 5.32 Å². The molecule has 19 heavy (non-hydrogen) atoms. The lowest BCUT2D eigenvalue weighted by molar-refractivity contribution is 0.0781. The first-order valence-corrected chi connectivity index (χ1v) is 8.20. The minimum atomic E-state index is 0.268. The molecule has 0 aromatic heterocycles. The Morgan fingerprint density at radius 3 is 1.89 bits per heavy atom. The second kappa shape index (κ2) is 7.08. The Balaban J connectivity index is 2.64. The summed E-state index contributed by atoms with van der Waals surface area (Å²) in [7, 11) is 2.13. The van der Waals surface area contributed by atoms with E-state index in [1.165, 1.54) is 51.6 Å². The number of rotatable bonds is 5. The molecular weight excluding hydrogens is 232 g/mol. The van der Waals surface area contributed by atoms with Crippen molar-refractivity contribution >= 4 is 0 Å². The molecule has 1 aliphatic rings. The second-order valence-corrected chi connectivity index (χ2v) is 8.00. The van der Waals surface area contributed by atoms with Crippen LogP contribution in [0.15, 0.2) is 0 Å². The van der Waals surface area contributed by atoms with Gasteiger partial charge < -0.3 is 5.32 Å². The Kier molecular flexibility index (Phi) is 6.32. The Bertz CT molecular complexity index is 244. The molecule has 2 heteroatoms. The van der Waals surface area contributed by atoms with Gasteiger partial charge in [-0.1, -0.05) is 33.6 Å². The number of hydrogen-bond donors (Lipinski definition) is 1. The van der Waals surface area contributed by atoms with Crippen LogP contribution in [0.4, 0.5) is 0 Å². The summed E-state index contributed by atoms with van der Waals surface area (Å²) in [5.74, 6) is 0. The van der Waals surface area contributed by atoms with E-state index in [9.17, 15) is 0 Å². The first-order chi connectivity index (χ1) is 8.77. The molecule has 0 aromatic carbocycles. The van der Waals surface area contributed by atoms with E-state index in [-0.39, 0.29) is 5.54 Å². The first-order valence-electron chi connectivity index (χ1n) is 8.20. The Labute approximate surface area is 121 Å². The summed E-state index contributed by atoms with van der Waals surface area (Å²) in [4.78, 5) is 2.73. The van der Waals surface area contributed by atoms with Gasteiger partial charge in [0, 0.05) is 11.6 Å². The molecule has 0 aliphatic carbocycles. The number of likely N-dealkylation sites (N-methyl/N-ethyl adjacent to an activating group) is 1. The van der Waals surface area contributed by atoms with E-state index in [1.54, 1.807) is 0 Å². The van der Waals surface area contributed by atoms with Crippen LogP contribution in [0.3, 0.4) is 0 Å². The highest BCUT2D eigenvalue weighted by Crippen LogP contribution is 2.29. The average molecular weight is 268 g/mol. The van der Waals surface area contributed by atoms with Gasteiger partial charge in [-0.2, -0.15) is 0 Å². The zero-order valence-electron chi connectivity index (χ0n) is 14.2. The topological polar surface area (TPSA) is 15.3 Å². The maximum atomic E-state index is 3.59. The SMILES string of the molecule is CNC(CCC(C)(C)C)C(C)(C)N1CCCCCC1. The Hall–Kier alpha value is -0.0800. The molecule has 114 valence electrons. The number of nitrogens with zero attached hydrogens (tertiary/aromatic N) is 1. The van der Waals surface area contributed by atoms with Gasteiger partial charge in [-0.15, -0.1) is 0 Å². The highest BCUT2D eigenvalue weighted by molar-refractivity contribution is 4.94. The van der Waals surface area contributed by atoms with Crippen molar-refractivity contribution in [3.63, 3.8) is 0 Å². The summed E-state index contributed by atoms with van der Waals surface area (Å²) < 4.78 is 0. The van der Waals surface area contributed by atoms with E-state index in [4.69, 9.17) is 0 Å². The van der Waals surface area contributed by atoms with Crippen LogP contribution in [0.2, 0.25) is 0 Å². The van der Waals surface area contributed by atoms with E-state index in [0.717, 1.165) is 0 Å². The third-order valence-corrected chi connectivity index (χ3v) is 4.81. The van der Waals surface area contributed by atoms with Crippen molar-refractivity contribution < 1.29 is 0 Å². The Morgan fingerprint density at radius 2 is 1.47 bits per heavy atom. The normalized spacial score (nSPS) is 21.2. The molecule has 2 nitrogen and oxygen atoms in total. The van der Waals surface area contributed by atoms with Crippen LogP contribution >= 0.6 is 0 Å². The van der Waals surface area contributed by atoms with Gasteiger partial charge in [0.1, 0.15) is 0 Å². The Morgan fingerprint density at radius 1 is 0.947 bits per heavy atom. The fraction of sp³-hybridized carbons (Fsp3) is 1.00. The smallest absolute Gasteiger partial charge is 0.0306 e. The summed E-state index contributed by atoms with van der Waals surface area (Å²) in [6.07, 6.45) is 8.13. The molecule has 0 saturated carbocycles. The van der Waals surface area contributed by atoms with Crippen LogP contribution in [-0.4, -0.2) is 36.6 Å². The van der Waals surface area contributed by atoms with E-state index >= 15 is 0 Å². The van der Waals surface area contributed by atoms with E-state index in [1.807, 2.05) is 0 Å². The minimum Gasteiger partial charge on any atom is -0.315 e. The summed E-state index contributed by atoms with van der Waals surface area (Å²) in [6.45, 7) is 14.5. The van der Waals surface area contributed by atoms with Gasteiger partial charge in [-0.05, 0) is 65.1 Å². The standard InChI is InChI=1S/C17H36N2/c1-16(2,3)12-11-15(18-6)17(4,5)19-13-9-7-8-10-14-19/h15,18H,7-14H2,1-6H3. The molecule has 0 aromatic rings. The zero-order chi connectivity index (χ0) is 14.5. The van der Waals surface area contributed by atoms with Crippen molar-refractivity contribution in [1.29, 1.82) is 0 Å². The first kappa shape index (κ1) is 17.0. The third kappa shape index (κ3) is 5.43. The lowest BCUT2D eigenvalue weighted by Crippen LogP contribution is -2.57. The average Bonchev–Trinajstić information content (AvgIpc) is 2.56. The maximum Gasteiger partial charge on any atom is 0.0306 e. The molecule has 1 aliphatic heterocycles. The molecule has 0 bridgehead atoms. The van der Waals surface area contributed by atoms with Crippen molar-refractivity contribution in [2.45, 2.75) is 84.7 Å².